The largest absolute Gasteiger partial charge is 0.425 e. The molecule has 1 aliphatic heterocycles. The number of hydrogen-bond donors (Lipinski definition) is 1. The molecular formula is C10H19N3O. The van der Waals surface area contributed by atoms with Crippen molar-refractivity contribution in [1.29, 1.82) is 0 Å². The zero-order valence-electron chi connectivity index (χ0n) is 9.21. The fraction of sp³-hybridized carbons (Fsp3) is 0.700. The highest BCUT2D eigenvalue weighted by molar-refractivity contribution is 5.33. The van der Waals surface area contributed by atoms with Crippen molar-refractivity contribution in [3.8, 4) is 0 Å². The molecule has 1 aromatic rings. The van der Waals surface area contributed by atoms with Crippen LogP contribution in [0.4, 0.5) is 5.88 Å². The Morgan fingerprint density at radius 1 is 1.36 bits per heavy atom. The maximum absolute atomic E-state index is 5.41. The van der Waals surface area contributed by atoms with Gasteiger partial charge >= 0.3 is 0 Å². The monoisotopic (exact) mass is 197 g/mol. The maximum atomic E-state index is 5.41. The van der Waals surface area contributed by atoms with Crippen LogP contribution in [0.3, 0.4) is 0 Å². The second kappa shape index (κ2) is 5.65. The van der Waals surface area contributed by atoms with Gasteiger partial charge in [-0.15, -0.1) is 0 Å². The summed E-state index contributed by atoms with van der Waals surface area (Å²) in [7, 11) is 0. The van der Waals surface area contributed by atoms with Crippen molar-refractivity contribution >= 4 is 5.88 Å². The number of nitrogens with zero attached hydrogens (tertiary/aromatic N) is 2. The van der Waals surface area contributed by atoms with Crippen LogP contribution in [0.5, 0.6) is 0 Å². The molecule has 2 rings (SSSR count). The van der Waals surface area contributed by atoms with E-state index < -0.39 is 0 Å². The van der Waals surface area contributed by atoms with Gasteiger partial charge < -0.3 is 14.6 Å². The van der Waals surface area contributed by atoms with Gasteiger partial charge in [0.15, 0.2) is 5.89 Å². The van der Waals surface area contributed by atoms with E-state index in [1.165, 1.54) is 0 Å². The van der Waals surface area contributed by atoms with E-state index in [0.717, 1.165) is 38.0 Å². The number of piperazine rings is 1. The average molecular weight is 197 g/mol. The van der Waals surface area contributed by atoms with Crippen molar-refractivity contribution in [1.82, 2.24) is 10.3 Å². The standard InChI is InChI=1S/C8H13N3O.C2H6/c1-7-10-6-8(12-7)11-4-2-9-3-5-11;1-2/h6,9H,2-5H2,1H3;1-2H3. The van der Waals surface area contributed by atoms with Crippen molar-refractivity contribution < 1.29 is 4.42 Å². The van der Waals surface area contributed by atoms with Gasteiger partial charge in [-0.05, 0) is 0 Å². The fourth-order valence-electron chi connectivity index (χ4n) is 1.38. The van der Waals surface area contributed by atoms with Crippen molar-refractivity contribution in [2.45, 2.75) is 20.8 Å². The lowest BCUT2D eigenvalue weighted by Gasteiger charge is -2.26. The Hall–Kier alpha value is -1.03. The molecule has 0 spiro atoms. The van der Waals surface area contributed by atoms with Gasteiger partial charge in [-0.3, -0.25) is 0 Å². The van der Waals surface area contributed by atoms with E-state index in [0.29, 0.717) is 0 Å². The summed E-state index contributed by atoms with van der Waals surface area (Å²) in [6.07, 6.45) is 1.79. The van der Waals surface area contributed by atoms with Crippen LogP contribution in [-0.2, 0) is 0 Å². The van der Waals surface area contributed by atoms with Gasteiger partial charge in [0.05, 0.1) is 6.20 Å². The topological polar surface area (TPSA) is 41.3 Å². The number of aromatic nitrogens is 1. The van der Waals surface area contributed by atoms with Crippen LogP contribution in [-0.4, -0.2) is 31.2 Å². The third-order valence-electron chi connectivity index (χ3n) is 2.04. The van der Waals surface area contributed by atoms with Crippen LogP contribution in [0.1, 0.15) is 19.7 Å². The number of anilines is 1. The molecule has 1 aromatic heterocycles. The minimum absolute atomic E-state index is 0.739. The summed E-state index contributed by atoms with van der Waals surface area (Å²) in [4.78, 5) is 6.27. The zero-order chi connectivity index (χ0) is 10.4. The van der Waals surface area contributed by atoms with Crippen LogP contribution in [0.15, 0.2) is 10.6 Å². The Labute approximate surface area is 85.3 Å². The molecule has 4 heteroatoms. The molecule has 1 saturated heterocycles. The summed E-state index contributed by atoms with van der Waals surface area (Å²) < 4.78 is 5.41. The van der Waals surface area contributed by atoms with E-state index in [2.05, 4.69) is 15.2 Å². The van der Waals surface area contributed by atoms with Crippen LogP contribution >= 0.6 is 0 Å². The lowest BCUT2D eigenvalue weighted by Crippen LogP contribution is -2.43. The summed E-state index contributed by atoms with van der Waals surface area (Å²) >= 11 is 0. The molecule has 4 nitrogen and oxygen atoms in total. The van der Waals surface area contributed by atoms with E-state index in [-0.39, 0.29) is 0 Å². The summed E-state index contributed by atoms with van der Waals surface area (Å²) in [5.41, 5.74) is 0. The average Bonchev–Trinajstić information content (AvgIpc) is 2.69. The first kappa shape index (κ1) is 11.0. The Morgan fingerprint density at radius 3 is 2.50 bits per heavy atom. The van der Waals surface area contributed by atoms with E-state index in [9.17, 15) is 0 Å². The third kappa shape index (κ3) is 2.73. The SMILES string of the molecule is CC.Cc1ncc(N2CCNCC2)o1. The van der Waals surface area contributed by atoms with Crippen molar-refractivity contribution in [2.75, 3.05) is 31.1 Å². The Morgan fingerprint density at radius 2 is 2.00 bits per heavy atom. The smallest absolute Gasteiger partial charge is 0.216 e. The first-order valence-electron chi connectivity index (χ1n) is 5.24. The highest BCUT2D eigenvalue weighted by Gasteiger charge is 2.13. The summed E-state index contributed by atoms with van der Waals surface area (Å²) in [5.74, 6) is 1.64. The molecule has 1 fully saturated rings. The number of nitrogens with one attached hydrogen (secondary N) is 1. The molecule has 1 N–H and O–H groups in total. The number of oxazole rings is 1. The summed E-state index contributed by atoms with van der Waals surface area (Å²) in [5, 5.41) is 3.29. The molecule has 0 amide bonds. The maximum Gasteiger partial charge on any atom is 0.216 e. The molecule has 0 unspecified atom stereocenters. The van der Waals surface area contributed by atoms with Gasteiger partial charge in [0.25, 0.3) is 0 Å². The molecule has 80 valence electrons. The predicted molar refractivity (Wildman–Crippen MR) is 57.7 cm³/mol. The molecule has 1 aliphatic rings. The molecule has 14 heavy (non-hydrogen) atoms. The predicted octanol–water partition coefficient (Wildman–Crippen LogP) is 1.42. The van der Waals surface area contributed by atoms with E-state index >= 15 is 0 Å². The molecule has 2 heterocycles. The lowest BCUT2D eigenvalue weighted by molar-refractivity contribution is 0.484. The first-order valence-corrected chi connectivity index (χ1v) is 5.24. The van der Waals surface area contributed by atoms with Crippen molar-refractivity contribution in [3.05, 3.63) is 12.1 Å². The van der Waals surface area contributed by atoms with Crippen LogP contribution < -0.4 is 10.2 Å². The van der Waals surface area contributed by atoms with E-state index in [4.69, 9.17) is 4.42 Å². The molecule has 0 aliphatic carbocycles. The van der Waals surface area contributed by atoms with Gasteiger partial charge in [0, 0.05) is 33.1 Å². The minimum atomic E-state index is 0.739. The third-order valence-corrected chi connectivity index (χ3v) is 2.04. The Kier molecular flexibility index (Phi) is 4.46. The Bertz CT molecular complexity index is 254. The number of aryl methyl sites for hydroxylation is 1. The molecule has 0 saturated carbocycles. The normalized spacial score (nSPS) is 16.1. The van der Waals surface area contributed by atoms with Gasteiger partial charge in [-0.25, -0.2) is 4.98 Å². The highest BCUT2D eigenvalue weighted by Crippen LogP contribution is 2.14. The zero-order valence-corrected chi connectivity index (χ0v) is 9.21. The van der Waals surface area contributed by atoms with Crippen molar-refractivity contribution in [2.24, 2.45) is 0 Å². The summed E-state index contributed by atoms with van der Waals surface area (Å²) in [6, 6.07) is 0. The van der Waals surface area contributed by atoms with Crippen LogP contribution in [0.25, 0.3) is 0 Å². The molecule has 0 radical (unpaired) electrons. The van der Waals surface area contributed by atoms with Gasteiger partial charge in [0.2, 0.25) is 5.88 Å². The van der Waals surface area contributed by atoms with Crippen LogP contribution in [0, 0.1) is 6.92 Å². The van der Waals surface area contributed by atoms with Gasteiger partial charge in [-0.2, -0.15) is 0 Å². The highest BCUT2D eigenvalue weighted by atomic mass is 16.4. The summed E-state index contributed by atoms with van der Waals surface area (Å²) in [6.45, 7) is 9.94. The van der Waals surface area contributed by atoms with Gasteiger partial charge in [0.1, 0.15) is 0 Å². The second-order valence-electron chi connectivity index (χ2n) is 2.95. The van der Waals surface area contributed by atoms with Crippen molar-refractivity contribution in [3.63, 3.8) is 0 Å². The molecule has 0 bridgehead atoms. The lowest BCUT2D eigenvalue weighted by atomic mass is 10.4. The fourth-order valence-corrected chi connectivity index (χ4v) is 1.38. The molecule has 0 atom stereocenters. The van der Waals surface area contributed by atoms with Gasteiger partial charge in [-0.1, -0.05) is 13.8 Å². The second-order valence-corrected chi connectivity index (χ2v) is 2.95. The quantitative estimate of drug-likeness (QED) is 0.739. The molecule has 0 aromatic carbocycles. The number of rotatable bonds is 1. The first-order chi connectivity index (χ1) is 6.86. The molecular weight excluding hydrogens is 178 g/mol. The number of hydrogen-bond acceptors (Lipinski definition) is 4. The van der Waals surface area contributed by atoms with E-state index in [1.807, 2.05) is 20.8 Å². The van der Waals surface area contributed by atoms with E-state index in [1.54, 1.807) is 6.20 Å². The Balaban J connectivity index is 0.000000461. The minimum Gasteiger partial charge on any atom is -0.425 e. The van der Waals surface area contributed by atoms with Crippen LogP contribution in [0.2, 0.25) is 0 Å².